The molecule has 0 aliphatic carbocycles. The lowest BCUT2D eigenvalue weighted by molar-refractivity contribution is 0.0600. The van der Waals surface area contributed by atoms with Crippen LogP contribution in [0.15, 0.2) is 65.7 Å². The van der Waals surface area contributed by atoms with Gasteiger partial charge in [-0.15, -0.1) is 0 Å². The number of carbonyl (C=O) groups is 2. The van der Waals surface area contributed by atoms with Gasteiger partial charge in [0.15, 0.2) is 0 Å². The molecule has 38 heavy (non-hydrogen) atoms. The van der Waals surface area contributed by atoms with E-state index in [4.69, 9.17) is 27.9 Å². The van der Waals surface area contributed by atoms with Gasteiger partial charge in [-0.3, -0.25) is 9.78 Å². The normalized spacial score (nSPS) is 10.6. The first-order valence-electron chi connectivity index (χ1n) is 11.2. The third-order valence-corrected chi connectivity index (χ3v) is 6.02. The first kappa shape index (κ1) is 26.6. The van der Waals surface area contributed by atoms with Crippen LogP contribution in [-0.4, -0.2) is 39.0 Å². The molecule has 10 nitrogen and oxygen atoms in total. The maximum absolute atomic E-state index is 12.9. The van der Waals surface area contributed by atoms with Gasteiger partial charge in [-0.25, -0.2) is 14.3 Å². The molecule has 0 radical (unpaired) electrons. The number of pyridine rings is 1. The fraction of sp³-hybridized carbons (Fsp3) is 0.115. The minimum absolute atomic E-state index is 0.0219. The van der Waals surface area contributed by atoms with Gasteiger partial charge in [-0.05, 0) is 48.4 Å². The van der Waals surface area contributed by atoms with Gasteiger partial charge in [0.25, 0.3) is 5.56 Å². The summed E-state index contributed by atoms with van der Waals surface area (Å²) in [6.45, 7) is 2.00. The van der Waals surface area contributed by atoms with Crippen LogP contribution in [0.2, 0.25) is 10.0 Å². The molecule has 3 N–H and O–H groups in total. The number of carbonyl (C=O) groups excluding carboxylic acids is 2. The molecular weight excluding hydrogens is 533 g/mol. The average Bonchev–Trinajstić information content (AvgIpc) is 2.91. The first-order valence-corrected chi connectivity index (χ1v) is 12.0. The van der Waals surface area contributed by atoms with E-state index in [1.165, 1.54) is 42.4 Å². The largest absolute Gasteiger partial charge is 0.508 e. The Hall–Kier alpha value is -4.41. The number of aromatic hydroxyl groups is 1. The first-order chi connectivity index (χ1) is 18.2. The number of aryl methyl sites for hydroxylation is 1. The number of ether oxygens (including phenoxy) is 1. The van der Waals surface area contributed by atoms with E-state index < -0.39 is 17.6 Å². The lowest BCUT2D eigenvalue weighted by Gasteiger charge is -2.13. The highest BCUT2D eigenvalue weighted by atomic mass is 35.5. The van der Waals surface area contributed by atoms with Crippen LogP contribution in [0.5, 0.6) is 5.75 Å². The maximum Gasteiger partial charge on any atom is 0.338 e. The topological polar surface area (TPSA) is 135 Å². The molecule has 4 aromatic rings. The standard InChI is InChI=1S/C26H21Cl2N5O5/c1-3-33-24(35)22(30-26(37)31-23-19(27)12-29-13-20(23)28)11-21(32-33)15-6-4-5-14(7-15)16-8-17(25(36)38-2)10-18(34)9-16/h4-13,34H,3H2,1-2H3,(H2,29,30,31,37). The van der Waals surface area contributed by atoms with Crippen molar-refractivity contribution in [2.24, 2.45) is 0 Å². The Labute approximate surface area is 226 Å². The summed E-state index contributed by atoms with van der Waals surface area (Å²) in [6.07, 6.45) is 2.65. The van der Waals surface area contributed by atoms with Crippen LogP contribution in [0.1, 0.15) is 17.3 Å². The average molecular weight is 554 g/mol. The summed E-state index contributed by atoms with van der Waals surface area (Å²) in [4.78, 5) is 41.4. The van der Waals surface area contributed by atoms with E-state index >= 15 is 0 Å². The number of esters is 1. The van der Waals surface area contributed by atoms with Gasteiger partial charge < -0.3 is 20.5 Å². The van der Waals surface area contributed by atoms with Crippen LogP contribution in [-0.2, 0) is 11.3 Å². The van der Waals surface area contributed by atoms with E-state index in [-0.39, 0.29) is 39.3 Å². The molecule has 0 atom stereocenters. The van der Waals surface area contributed by atoms with Crippen molar-refractivity contribution in [1.82, 2.24) is 14.8 Å². The van der Waals surface area contributed by atoms with Crippen molar-refractivity contribution >= 4 is 46.6 Å². The van der Waals surface area contributed by atoms with Crippen LogP contribution in [0.25, 0.3) is 22.4 Å². The number of amides is 2. The van der Waals surface area contributed by atoms with E-state index in [0.717, 1.165) is 0 Å². The fourth-order valence-corrected chi connectivity index (χ4v) is 4.12. The molecular formula is C26H21Cl2N5O5. The molecule has 2 aromatic heterocycles. The molecule has 2 amide bonds. The molecule has 0 aliphatic heterocycles. The number of hydrogen-bond acceptors (Lipinski definition) is 7. The van der Waals surface area contributed by atoms with E-state index in [0.29, 0.717) is 22.4 Å². The van der Waals surface area contributed by atoms with Crippen LogP contribution >= 0.6 is 23.2 Å². The third-order valence-electron chi connectivity index (χ3n) is 5.44. The smallest absolute Gasteiger partial charge is 0.338 e. The molecule has 0 spiro atoms. The van der Waals surface area contributed by atoms with Gasteiger partial charge in [0.1, 0.15) is 11.4 Å². The number of aromatic nitrogens is 3. The number of anilines is 2. The Morgan fingerprint density at radius 2 is 1.71 bits per heavy atom. The highest BCUT2D eigenvalue weighted by molar-refractivity contribution is 6.39. The van der Waals surface area contributed by atoms with Gasteiger partial charge in [0, 0.05) is 24.5 Å². The van der Waals surface area contributed by atoms with Crippen molar-refractivity contribution in [3.8, 4) is 28.1 Å². The molecule has 194 valence electrons. The summed E-state index contributed by atoms with van der Waals surface area (Å²) in [7, 11) is 1.26. The van der Waals surface area contributed by atoms with Crippen LogP contribution in [0, 0.1) is 0 Å². The van der Waals surface area contributed by atoms with Gasteiger partial charge in [-0.1, -0.05) is 41.4 Å². The van der Waals surface area contributed by atoms with E-state index in [1.54, 1.807) is 37.3 Å². The second-order valence-corrected chi connectivity index (χ2v) is 8.78. The number of halogens is 2. The summed E-state index contributed by atoms with van der Waals surface area (Å²) in [5.74, 6) is -0.684. The zero-order chi connectivity index (χ0) is 27.4. The third kappa shape index (κ3) is 5.77. The lowest BCUT2D eigenvalue weighted by atomic mass is 9.99. The van der Waals surface area contributed by atoms with Gasteiger partial charge >= 0.3 is 12.0 Å². The summed E-state index contributed by atoms with van der Waals surface area (Å²) in [5, 5.41) is 19.9. The Morgan fingerprint density at radius 3 is 2.39 bits per heavy atom. The van der Waals surface area contributed by atoms with Crippen molar-refractivity contribution in [1.29, 1.82) is 0 Å². The molecule has 12 heteroatoms. The van der Waals surface area contributed by atoms with Crippen LogP contribution in [0.3, 0.4) is 0 Å². The van der Waals surface area contributed by atoms with Crippen molar-refractivity contribution < 1.29 is 19.4 Å². The Kier molecular flexibility index (Phi) is 7.94. The van der Waals surface area contributed by atoms with E-state index in [1.807, 2.05) is 0 Å². The Bertz CT molecular complexity index is 1590. The molecule has 0 bridgehead atoms. The second-order valence-electron chi connectivity index (χ2n) is 7.96. The van der Waals surface area contributed by atoms with Crippen LogP contribution < -0.4 is 16.2 Å². The fourth-order valence-electron chi connectivity index (χ4n) is 3.66. The second kappa shape index (κ2) is 11.3. The van der Waals surface area contributed by atoms with Crippen molar-refractivity contribution in [2.75, 3.05) is 17.7 Å². The quantitative estimate of drug-likeness (QED) is 0.270. The van der Waals surface area contributed by atoms with Crippen molar-refractivity contribution in [3.05, 3.63) is 86.9 Å². The summed E-state index contributed by atoms with van der Waals surface area (Å²) in [5.41, 5.74) is 2.08. The predicted octanol–water partition coefficient (Wildman–Crippen LogP) is 5.44. The summed E-state index contributed by atoms with van der Waals surface area (Å²) in [6, 6.07) is 12.3. The van der Waals surface area contributed by atoms with Gasteiger partial charge in [0.2, 0.25) is 0 Å². The zero-order valence-electron chi connectivity index (χ0n) is 20.2. The molecule has 0 aliphatic rings. The van der Waals surface area contributed by atoms with Crippen molar-refractivity contribution in [2.45, 2.75) is 13.5 Å². The highest BCUT2D eigenvalue weighted by Crippen LogP contribution is 2.30. The number of methoxy groups -OCH3 is 1. The van der Waals surface area contributed by atoms with Crippen LogP contribution in [0.4, 0.5) is 16.2 Å². The molecule has 0 unspecified atom stereocenters. The number of hydrogen-bond donors (Lipinski definition) is 3. The SMILES string of the molecule is CCn1nc(-c2cccc(-c3cc(O)cc(C(=O)OC)c3)c2)cc(NC(=O)Nc2c(Cl)cncc2Cl)c1=O. The number of benzene rings is 2. The maximum atomic E-state index is 12.9. The lowest BCUT2D eigenvalue weighted by Crippen LogP contribution is -2.29. The predicted molar refractivity (Wildman–Crippen MR) is 145 cm³/mol. The minimum Gasteiger partial charge on any atom is -0.508 e. The molecule has 2 aromatic carbocycles. The number of phenols is 1. The van der Waals surface area contributed by atoms with Gasteiger partial charge in [-0.2, -0.15) is 5.10 Å². The zero-order valence-corrected chi connectivity index (χ0v) is 21.7. The number of phenolic OH excluding ortho intramolecular Hbond substituents is 1. The summed E-state index contributed by atoms with van der Waals surface area (Å²) < 4.78 is 5.97. The Morgan fingerprint density at radius 1 is 1.00 bits per heavy atom. The summed E-state index contributed by atoms with van der Waals surface area (Å²) >= 11 is 12.1. The van der Waals surface area contributed by atoms with E-state index in [9.17, 15) is 19.5 Å². The monoisotopic (exact) mass is 553 g/mol. The van der Waals surface area contributed by atoms with E-state index in [2.05, 4.69) is 20.7 Å². The molecule has 4 rings (SSSR count). The highest BCUT2D eigenvalue weighted by Gasteiger charge is 2.16. The molecule has 0 saturated heterocycles. The van der Waals surface area contributed by atoms with Gasteiger partial charge in [0.05, 0.1) is 34.1 Å². The Balaban J connectivity index is 1.70. The number of urea groups is 1. The number of rotatable bonds is 6. The van der Waals surface area contributed by atoms with Crippen molar-refractivity contribution in [3.63, 3.8) is 0 Å². The number of nitrogens with zero attached hydrogens (tertiary/aromatic N) is 3. The molecule has 2 heterocycles. The number of nitrogens with one attached hydrogen (secondary N) is 2. The minimum atomic E-state index is -0.735. The molecule has 0 saturated carbocycles. The molecule has 0 fully saturated rings.